The first-order chi connectivity index (χ1) is 19.3. The summed E-state index contributed by atoms with van der Waals surface area (Å²) in [6, 6.07) is 8.43. The second kappa shape index (κ2) is 12.2. The summed E-state index contributed by atoms with van der Waals surface area (Å²) >= 11 is 7.51. The van der Waals surface area contributed by atoms with Crippen LogP contribution in [-0.4, -0.2) is 94.1 Å². The molecular formula is C28H36ClN7O4S. The van der Waals surface area contributed by atoms with E-state index in [0.717, 1.165) is 18.0 Å². The number of carbonyl (C=O) groups is 3. The summed E-state index contributed by atoms with van der Waals surface area (Å²) < 4.78 is 3.23. The zero-order valence-corrected chi connectivity index (χ0v) is 25.8. The number of nitrogens with zero attached hydrogens (tertiary/aromatic N) is 6. The summed E-state index contributed by atoms with van der Waals surface area (Å²) in [7, 11) is 5.12. The third-order valence-electron chi connectivity index (χ3n) is 6.84. The molecule has 0 atom stereocenters. The molecule has 0 aromatic carbocycles. The molecule has 1 saturated heterocycles. The number of halogens is 1. The first kappa shape index (κ1) is 30.5. The van der Waals surface area contributed by atoms with E-state index in [4.69, 9.17) is 11.6 Å². The van der Waals surface area contributed by atoms with Crippen LogP contribution in [0, 0.1) is 5.41 Å². The predicted octanol–water partition coefficient (Wildman–Crippen LogP) is 3.20. The summed E-state index contributed by atoms with van der Waals surface area (Å²) in [5.41, 5.74) is -0.742. The van der Waals surface area contributed by atoms with Gasteiger partial charge in [-0.15, -0.1) is 11.3 Å². The van der Waals surface area contributed by atoms with Crippen molar-refractivity contribution in [3.63, 3.8) is 0 Å². The third kappa shape index (κ3) is 6.88. The molecular weight excluding hydrogens is 566 g/mol. The van der Waals surface area contributed by atoms with Gasteiger partial charge in [0.2, 0.25) is 5.91 Å². The molecule has 1 fully saturated rings. The third-order valence-corrected chi connectivity index (χ3v) is 8.07. The fourth-order valence-electron chi connectivity index (χ4n) is 4.38. The maximum Gasteiger partial charge on any atom is 0.264 e. The smallest absolute Gasteiger partial charge is 0.264 e. The summed E-state index contributed by atoms with van der Waals surface area (Å²) in [5.74, 6) is -0.513. The maximum atomic E-state index is 13.7. The molecule has 1 N–H and O–H groups in total. The van der Waals surface area contributed by atoms with Crippen LogP contribution in [0.5, 0.6) is 0 Å². The van der Waals surface area contributed by atoms with Gasteiger partial charge in [-0.2, -0.15) is 9.78 Å². The lowest BCUT2D eigenvalue weighted by atomic mass is 9.96. The molecule has 3 aromatic rings. The Hall–Kier alpha value is -3.48. The number of pyridine rings is 1. The fraction of sp³-hybridized carbons (Fsp3) is 0.464. The van der Waals surface area contributed by atoms with Crippen molar-refractivity contribution in [2.24, 2.45) is 5.41 Å². The van der Waals surface area contributed by atoms with E-state index in [1.54, 1.807) is 58.0 Å². The molecule has 4 rings (SSSR count). The van der Waals surface area contributed by atoms with Crippen LogP contribution in [0.1, 0.15) is 40.8 Å². The quantitative estimate of drug-likeness (QED) is 0.442. The van der Waals surface area contributed by atoms with Crippen molar-refractivity contribution < 1.29 is 14.4 Å². The molecule has 0 spiro atoms. The van der Waals surface area contributed by atoms with E-state index >= 15 is 0 Å². The summed E-state index contributed by atoms with van der Waals surface area (Å²) in [6.45, 7) is 8.10. The molecule has 0 unspecified atom stereocenters. The second-order valence-corrected chi connectivity index (χ2v) is 13.1. The van der Waals surface area contributed by atoms with Gasteiger partial charge in [-0.3, -0.25) is 23.7 Å². The molecule has 1 aliphatic heterocycles. The average Bonchev–Trinajstić information content (AvgIpc) is 3.53. The molecule has 1 aliphatic rings. The van der Waals surface area contributed by atoms with E-state index in [9.17, 15) is 19.2 Å². The zero-order valence-electron chi connectivity index (χ0n) is 24.2. The van der Waals surface area contributed by atoms with Crippen LogP contribution in [0.4, 0.5) is 5.82 Å². The Bertz CT molecular complexity index is 1510. The Morgan fingerprint density at radius 2 is 1.76 bits per heavy atom. The predicted molar refractivity (Wildman–Crippen MR) is 161 cm³/mol. The van der Waals surface area contributed by atoms with E-state index in [1.165, 1.54) is 31.6 Å². The van der Waals surface area contributed by atoms with Crippen molar-refractivity contribution in [3.05, 3.63) is 55.5 Å². The van der Waals surface area contributed by atoms with Crippen LogP contribution in [0.15, 0.2) is 35.1 Å². The molecule has 41 heavy (non-hydrogen) atoms. The number of aromatic nitrogens is 3. The number of rotatable bonds is 7. The number of hydrogen-bond donors (Lipinski definition) is 1. The SMILES string of the molecule is CN1CCN(C(=O)Cn2c(-c3cc(NCc4ccc(Cl)s4)n(C(=O)C(C)(C)C)n3)ccc(C(=O)N(C)C)c2=O)CC1. The number of piperazine rings is 1. The number of nitrogens with one attached hydrogen (secondary N) is 1. The minimum absolute atomic E-state index is 0.0527. The van der Waals surface area contributed by atoms with Crippen LogP contribution in [0.3, 0.4) is 0 Å². The van der Waals surface area contributed by atoms with Crippen molar-refractivity contribution in [3.8, 4) is 11.4 Å². The van der Waals surface area contributed by atoms with Crippen LogP contribution in [0.25, 0.3) is 11.4 Å². The lowest BCUT2D eigenvalue weighted by Gasteiger charge is -2.32. The molecule has 0 radical (unpaired) electrons. The maximum absolute atomic E-state index is 13.7. The van der Waals surface area contributed by atoms with Crippen molar-refractivity contribution in [2.75, 3.05) is 52.6 Å². The molecule has 0 saturated carbocycles. The van der Waals surface area contributed by atoms with Gasteiger partial charge in [-0.25, -0.2) is 0 Å². The zero-order chi connectivity index (χ0) is 30.1. The first-order valence-electron chi connectivity index (χ1n) is 13.3. The van der Waals surface area contributed by atoms with Crippen LogP contribution >= 0.6 is 22.9 Å². The van der Waals surface area contributed by atoms with Gasteiger partial charge in [0.05, 0.1) is 16.6 Å². The van der Waals surface area contributed by atoms with Crippen molar-refractivity contribution in [1.29, 1.82) is 0 Å². The topological polar surface area (TPSA) is 113 Å². The van der Waals surface area contributed by atoms with E-state index in [0.29, 0.717) is 41.2 Å². The molecule has 11 nitrogen and oxygen atoms in total. The summed E-state index contributed by atoms with van der Waals surface area (Å²) in [5, 5.41) is 7.87. The van der Waals surface area contributed by atoms with Crippen molar-refractivity contribution >= 4 is 46.5 Å². The van der Waals surface area contributed by atoms with Gasteiger partial charge in [-0.1, -0.05) is 32.4 Å². The highest BCUT2D eigenvalue weighted by Crippen LogP contribution is 2.28. The van der Waals surface area contributed by atoms with Gasteiger partial charge >= 0.3 is 0 Å². The molecule has 2 amide bonds. The minimum Gasteiger partial charge on any atom is -0.365 e. The van der Waals surface area contributed by atoms with Gasteiger partial charge < -0.3 is 20.0 Å². The lowest BCUT2D eigenvalue weighted by Crippen LogP contribution is -2.49. The van der Waals surface area contributed by atoms with Gasteiger partial charge in [0.25, 0.3) is 17.4 Å². The highest BCUT2D eigenvalue weighted by Gasteiger charge is 2.29. The Kier molecular flexibility index (Phi) is 9.05. The van der Waals surface area contributed by atoms with Crippen LogP contribution < -0.4 is 10.9 Å². The van der Waals surface area contributed by atoms with Crippen molar-refractivity contribution in [1.82, 2.24) is 29.0 Å². The normalized spacial score (nSPS) is 14.3. The van der Waals surface area contributed by atoms with Gasteiger partial charge in [0, 0.05) is 56.6 Å². The number of likely N-dealkylation sites (N-methyl/N-ethyl adjacent to an activating group) is 1. The minimum atomic E-state index is -0.745. The van der Waals surface area contributed by atoms with E-state index < -0.39 is 16.9 Å². The number of thiophene rings is 1. The van der Waals surface area contributed by atoms with Crippen LogP contribution in [-0.2, 0) is 17.9 Å². The van der Waals surface area contributed by atoms with Gasteiger partial charge in [-0.05, 0) is 31.3 Å². The summed E-state index contributed by atoms with van der Waals surface area (Å²) in [4.78, 5) is 59.4. The molecule has 4 heterocycles. The number of carbonyl (C=O) groups excluding carboxylic acids is 3. The Morgan fingerprint density at radius 3 is 2.34 bits per heavy atom. The highest BCUT2D eigenvalue weighted by molar-refractivity contribution is 7.16. The van der Waals surface area contributed by atoms with E-state index in [-0.39, 0.29) is 23.9 Å². The molecule has 13 heteroatoms. The Labute approximate surface area is 248 Å². The fourth-order valence-corrected chi connectivity index (χ4v) is 5.41. The highest BCUT2D eigenvalue weighted by atomic mass is 35.5. The lowest BCUT2D eigenvalue weighted by molar-refractivity contribution is -0.133. The standard InChI is InChI=1S/C28H36ClN7O4S/c1-28(2,3)27(40)36-23(30-16-18-7-10-22(29)41-18)15-20(31-36)21-9-8-19(25(38)32(4)5)26(39)35(21)17-24(37)34-13-11-33(6)12-14-34/h7-10,15,30H,11-14,16-17H2,1-6H3. The average molecular weight is 602 g/mol. The van der Waals surface area contributed by atoms with E-state index in [2.05, 4.69) is 15.3 Å². The molecule has 3 aromatic heterocycles. The van der Waals surface area contributed by atoms with E-state index in [1.807, 2.05) is 13.1 Å². The van der Waals surface area contributed by atoms with Crippen molar-refractivity contribution in [2.45, 2.75) is 33.9 Å². The monoisotopic (exact) mass is 601 g/mol. The largest absolute Gasteiger partial charge is 0.365 e. The number of amides is 2. The number of hydrogen-bond acceptors (Lipinski definition) is 8. The second-order valence-electron chi connectivity index (χ2n) is 11.3. The van der Waals surface area contributed by atoms with Gasteiger partial charge in [0.15, 0.2) is 0 Å². The summed E-state index contributed by atoms with van der Waals surface area (Å²) in [6.07, 6.45) is 0. The molecule has 0 bridgehead atoms. The molecule has 220 valence electrons. The first-order valence-corrected chi connectivity index (χ1v) is 14.5. The molecule has 0 aliphatic carbocycles. The Morgan fingerprint density at radius 1 is 1.07 bits per heavy atom. The van der Waals surface area contributed by atoms with Crippen LogP contribution in [0.2, 0.25) is 4.34 Å². The number of anilines is 1. The Balaban J connectivity index is 1.78. The van der Waals surface area contributed by atoms with Gasteiger partial charge in [0.1, 0.15) is 23.6 Å².